The summed E-state index contributed by atoms with van der Waals surface area (Å²) >= 11 is 0. The lowest BCUT2D eigenvalue weighted by atomic mass is 10.1. The first kappa shape index (κ1) is 13.4. The summed E-state index contributed by atoms with van der Waals surface area (Å²) in [7, 11) is 1.68. The standard InChI is InChI=1S/C14H17N5O2/c1-18(8-13-17-16-12-3-2-6-19(12)13)14(21)10-7-9(20)4-5-11(10)15/h4-5,7,20H,2-3,6,8,15H2,1H3. The van der Waals surface area contributed by atoms with Gasteiger partial charge in [0.2, 0.25) is 0 Å². The fraction of sp³-hybridized carbons (Fsp3) is 0.357. The highest BCUT2D eigenvalue weighted by molar-refractivity contribution is 5.99. The van der Waals surface area contributed by atoms with E-state index in [1.54, 1.807) is 7.05 Å². The molecular formula is C14H17N5O2. The van der Waals surface area contributed by atoms with E-state index in [0.29, 0.717) is 17.8 Å². The van der Waals surface area contributed by atoms with Crippen LogP contribution in [-0.4, -0.2) is 37.7 Å². The zero-order valence-corrected chi connectivity index (χ0v) is 11.8. The molecule has 0 unspecified atom stereocenters. The molecule has 0 saturated carbocycles. The van der Waals surface area contributed by atoms with Gasteiger partial charge in [0, 0.05) is 25.7 Å². The van der Waals surface area contributed by atoms with Crippen molar-refractivity contribution < 1.29 is 9.90 Å². The van der Waals surface area contributed by atoms with E-state index in [2.05, 4.69) is 14.8 Å². The molecule has 1 aromatic carbocycles. The topological polar surface area (TPSA) is 97.3 Å². The van der Waals surface area contributed by atoms with Crippen LogP contribution in [0.15, 0.2) is 18.2 Å². The highest BCUT2D eigenvalue weighted by Crippen LogP contribution is 2.21. The number of nitrogen functional groups attached to an aromatic ring is 1. The first-order valence-electron chi connectivity index (χ1n) is 6.81. The van der Waals surface area contributed by atoms with Crippen molar-refractivity contribution in [2.24, 2.45) is 0 Å². The number of nitrogens with two attached hydrogens (primary N) is 1. The third-order valence-electron chi connectivity index (χ3n) is 3.68. The van der Waals surface area contributed by atoms with Crippen molar-refractivity contribution in [3.05, 3.63) is 35.4 Å². The second-order valence-electron chi connectivity index (χ2n) is 5.22. The van der Waals surface area contributed by atoms with Crippen LogP contribution in [0.2, 0.25) is 0 Å². The molecule has 0 spiro atoms. The molecule has 21 heavy (non-hydrogen) atoms. The summed E-state index contributed by atoms with van der Waals surface area (Å²) < 4.78 is 2.05. The number of aromatic nitrogens is 3. The van der Waals surface area contributed by atoms with E-state index >= 15 is 0 Å². The number of carbonyl (C=O) groups is 1. The number of phenols is 1. The lowest BCUT2D eigenvalue weighted by Crippen LogP contribution is -2.28. The van der Waals surface area contributed by atoms with Gasteiger partial charge in [-0.25, -0.2) is 0 Å². The highest BCUT2D eigenvalue weighted by atomic mass is 16.3. The number of amides is 1. The van der Waals surface area contributed by atoms with Crippen LogP contribution in [0.5, 0.6) is 5.75 Å². The molecule has 1 aromatic heterocycles. The number of aryl methyl sites for hydroxylation is 1. The normalized spacial score (nSPS) is 13.2. The molecule has 0 fully saturated rings. The molecule has 7 heteroatoms. The summed E-state index contributed by atoms with van der Waals surface area (Å²) in [5, 5.41) is 17.8. The fourth-order valence-electron chi connectivity index (χ4n) is 2.55. The second kappa shape index (κ2) is 5.08. The number of phenolic OH excluding ortho intramolecular Hbond substituents is 1. The van der Waals surface area contributed by atoms with Crippen molar-refractivity contribution in [1.29, 1.82) is 0 Å². The molecule has 7 nitrogen and oxygen atoms in total. The monoisotopic (exact) mass is 287 g/mol. The summed E-state index contributed by atoms with van der Waals surface area (Å²) in [6.07, 6.45) is 2.00. The van der Waals surface area contributed by atoms with Crippen molar-refractivity contribution >= 4 is 11.6 Å². The van der Waals surface area contributed by atoms with Gasteiger partial charge in [0.1, 0.15) is 11.6 Å². The summed E-state index contributed by atoms with van der Waals surface area (Å²) in [6, 6.07) is 4.35. The maximum atomic E-state index is 12.4. The van der Waals surface area contributed by atoms with Crippen LogP contribution in [0.3, 0.4) is 0 Å². The van der Waals surface area contributed by atoms with Gasteiger partial charge in [-0.15, -0.1) is 10.2 Å². The number of hydrogen-bond acceptors (Lipinski definition) is 5. The van der Waals surface area contributed by atoms with Crippen LogP contribution in [0.25, 0.3) is 0 Å². The number of anilines is 1. The average Bonchev–Trinajstić information content (AvgIpc) is 3.05. The van der Waals surface area contributed by atoms with Gasteiger partial charge < -0.3 is 20.3 Å². The van der Waals surface area contributed by atoms with Gasteiger partial charge in [-0.3, -0.25) is 4.79 Å². The SMILES string of the molecule is CN(Cc1nnc2n1CCC2)C(=O)c1cc(O)ccc1N. The van der Waals surface area contributed by atoms with Crippen molar-refractivity contribution in [1.82, 2.24) is 19.7 Å². The zero-order valence-electron chi connectivity index (χ0n) is 11.8. The quantitative estimate of drug-likeness (QED) is 0.642. The maximum absolute atomic E-state index is 12.4. The van der Waals surface area contributed by atoms with Crippen LogP contribution in [0.1, 0.15) is 28.4 Å². The molecule has 0 radical (unpaired) electrons. The Balaban J connectivity index is 1.80. The number of carbonyl (C=O) groups excluding carboxylic acids is 1. The molecule has 0 atom stereocenters. The van der Waals surface area contributed by atoms with E-state index in [1.807, 2.05) is 0 Å². The van der Waals surface area contributed by atoms with E-state index < -0.39 is 0 Å². The molecule has 0 aliphatic carbocycles. The van der Waals surface area contributed by atoms with Gasteiger partial charge >= 0.3 is 0 Å². The van der Waals surface area contributed by atoms with Crippen molar-refractivity contribution in [3.63, 3.8) is 0 Å². The van der Waals surface area contributed by atoms with Gasteiger partial charge in [-0.05, 0) is 24.6 Å². The smallest absolute Gasteiger partial charge is 0.256 e. The van der Waals surface area contributed by atoms with Crippen LogP contribution in [0, 0.1) is 0 Å². The summed E-state index contributed by atoms with van der Waals surface area (Å²) in [4.78, 5) is 14.0. The summed E-state index contributed by atoms with van der Waals surface area (Å²) in [6.45, 7) is 1.26. The van der Waals surface area contributed by atoms with E-state index in [9.17, 15) is 9.90 Å². The Morgan fingerprint density at radius 3 is 3.10 bits per heavy atom. The van der Waals surface area contributed by atoms with Gasteiger partial charge in [0.25, 0.3) is 5.91 Å². The van der Waals surface area contributed by atoms with Crippen LogP contribution < -0.4 is 5.73 Å². The van der Waals surface area contributed by atoms with Crippen LogP contribution in [-0.2, 0) is 19.5 Å². The van der Waals surface area contributed by atoms with E-state index in [1.165, 1.54) is 23.1 Å². The number of fused-ring (bicyclic) bond motifs is 1. The molecule has 0 bridgehead atoms. The number of hydrogen-bond donors (Lipinski definition) is 2. The Labute approximate surface area is 122 Å². The molecule has 110 valence electrons. The average molecular weight is 287 g/mol. The van der Waals surface area contributed by atoms with E-state index in [0.717, 1.165) is 31.0 Å². The summed E-state index contributed by atoms with van der Waals surface area (Å²) in [5.41, 5.74) is 6.43. The van der Waals surface area contributed by atoms with Crippen molar-refractivity contribution in [3.8, 4) is 5.75 Å². The molecule has 1 amide bonds. The Hall–Kier alpha value is -2.57. The van der Waals surface area contributed by atoms with Gasteiger partial charge in [-0.2, -0.15) is 0 Å². The number of aromatic hydroxyl groups is 1. The number of nitrogens with zero attached hydrogens (tertiary/aromatic N) is 4. The molecule has 2 aromatic rings. The van der Waals surface area contributed by atoms with Gasteiger partial charge in [0.15, 0.2) is 5.82 Å². The zero-order chi connectivity index (χ0) is 15.0. The fourth-order valence-corrected chi connectivity index (χ4v) is 2.55. The predicted molar refractivity (Wildman–Crippen MR) is 76.7 cm³/mol. The molecule has 0 saturated heterocycles. The third-order valence-corrected chi connectivity index (χ3v) is 3.68. The Bertz CT molecular complexity index is 695. The van der Waals surface area contributed by atoms with Crippen molar-refractivity contribution in [2.45, 2.75) is 25.9 Å². The molecular weight excluding hydrogens is 270 g/mol. The summed E-state index contributed by atoms with van der Waals surface area (Å²) in [5.74, 6) is 1.52. The molecule has 1 aliphatic heterocycles. The predicted octanol–water partition coefficient (Wildman–Crippen LogP) is 0.784. The Kier molecular flexibility index (Phi) is 3.25. The van der Waals surface area contributed by atoms with Crippen LogP contribution >= 0.6 is 0 Å². The third kappa shape index (κ3) is 2.42. The minimum Gasteiger partial charge on any atom is -0.508 e. The molecule has 2 heterocycles. The van der Waals surface area contributed by atoms with E-state index in [4.69, 9.17) is 5.73 Å². The van der Waals surface area contributed by atoms with Crippen molar-refractivity contribution in [2.75, 3.05) is 12.8 Å². The lowest BCUT2D eigenvalue weighted by molar-refractivity contribution is 0.0780. The second-order valence-corrected chi connectivity index (χ2v) is 5.22. The van der Waals surface area contributed by atoms with Gasteiger partial charge in [0.05, 0.1) is 12.1 Å². The largest absolute Gasteiger partial charge is 0.508 e. The van der Waals surface area contributed by atoms with Gasteiger partial charge in [-0.1, -0.05) is 0 Å². The number of benzene rings is 1. The first-order chi connectivity index (χ1) is 10.1. The Morgan fingerprint density at radius 1 is 1.48 bits per heavy atom. The van der Waals surface area contributed by atoms with E-state index in [-0.39, 0.29) is 11.7 Å². The highest BCUT2D eigenvalue weighted by Gasteiger charge is 2.21. The minimum absolute atomic E-state index is 0.0179. The number of rotatable bonds is 3. The molecule has 3 N–H and O–H groups in total. The molecule has 1 aliphatic rings. The minimum atomic E-state index is -0.251. The first-order valence-corrected chi connectivity index (χ1v) is 6.81. The molecule has 3 rings (SSSR count). The lowest BCUT2D eigenvalue weighted by Gasteiger charge is -2.18. The maximum Gasteiger partial charge on any atom is 0.256 e. The Morgan fingerprint density at radius 2 is 2.29 bits per heavy atom. The van der Waals surface area contributed by atoms with Crippen LogP contribution in [0.4, 0.5) is 5.69 Å².